The summed E-state index contributed by atoms with van der Waals surface area (Å²) in [6, 6.07) is 14.8. The maximum Gasteiger partial charge on any atom is 0.243 e. The molecule has 0 atom stereocenters. The fraction of sp³-hybridized carbons (Fsp3) is 0.286. The number of sulfonamides is 1. The lowest BCUT2D eigenvalue weighted by atomic mass is 10.1. The molecule has 3 aromatic rings. The van der Waals surface area contributed by atoms with Crippen LogP contribution in [0.5, 0.6) is 5.75 Å². The van der Waals surface area contributed by atoms with E-state index in [1.165, 1.54) is 0 Å². The van der Waals surface area contributed by atoms with Crippen molar-refractivity contribution in [2.24, 2.45) is 0 Å². The highest BCUT2D eigenvalue weighted by Gasteiger charge is 2.29. The molecule has 158 valence electrons. The van der Waals surface area contributed by atoms with E-state index in [4.69, 9.17) is 9.72 Å². The molecule has 0 radical (unpaired) electrons. The Morgan fingerprint density at radius 2 is 1.87 bits per heavy atom. The van der Waals surface area contributed by atoms with Crippen LogP contribution >= 0.6 is 27.3 Å². The summed E-state index contributed by atoms with van der Waals surface area (Å²) in [6.07, 6.45) is 0.741. The summed E-state index contributed by atoms with van der Waals surface area (Å²) in [6.45, 7) is 2.14. The largest absolute Gasteiger partial charge is 0.497 e. The number of benzene rings is 2. The topological polar surface area (TPSA) is 62.7 Å². The van der Waals surface area contributed by atoms with Crippen molar-refractivity contribution >= 4 is 42.4 Å². The summed E-state index contributed by atoms with van der Waals surface area (Å²) in [5.41, 5.74) is 2.16. The van der Waals surface area contributed by atoms with Crippen LogP contribution in [0.15, 0.2) is 63.3 Å². The van der Waals surface area contributed by atoms with Gasteiger partial charge in [-0.05, 0) is 35.9 Å². The average molecular weight is 508 g/mol. The smallest absolute Gasteiger partial charge is 0.243 e. The summed E-state index contributed by atoms with van der Waals surface area (Å²) in [5.74, 6) is 0.839. The standard InChI is InChI=1S/C21H22BrN3O3S2/c1-28-19-6-2-4-16(13-19)12-18-15-29-21(23-18)24-8-10-25(11-9-24)30(26,27)20-7-3-5-17(22)14-20/h2-7,13-15H,8-12H2,1H3. The fourth-order valence-corrected chi connectivity index (χ4v) is 6.31. The van der Waals surface area contributed by atoms with Crippen molar-refractivity contribution in [2.45, 2.75) is 11.3 Å². The molecule has 2 aromatic carbocycles. The number of thiazole rings is 1. The molecule has 0 unspecified atom stereocenters. The van der Waals surface area contributed by atoms with Crippen molar-refractivity contribution < 1.29 is 13.2 Å². The van der Waals surface area contributed by atoms with Crippen LogP contribution in [0.2, 0.25) is 0 Å². The van der Waals surface area contributed by atoms with Gasteiger partial charge in [-0.25, -0.2) is 13.4 Å². The molecule has 1 fully saturated rings. The second-order valence-electron chi connectivity index (χ2n) is 7.00. The molecule has 0 saturated carbocycles. The molecular weight excluding hydrogens is 486 g/mol. The van der Waals surface area contributed by atoms with Gasteiger partial charge in [-0.15, -0.1) is 11.3 Å². The van der Waals surface area contributed by atoms with Crippen LogP contribution in [0.25, 0.3) is 0 Å². The SMILES string of the molecule is COc1cccc(Cc2csc(N3CCN(S(=O)(=O)c4cccc(Br)c4)CC3)n2)c1. The first-order chi connectivity index (χ1) is 14.5. The highest BCUT2D eigenvalue weighted by atomic mass is 79.9. The second-order valence-corrected chi connectivity index (χ2v) is 10.7. The van der Waals surface area contributed by atoms with Crippen LogP contribution in [0.1, 0.15) is 11.3 Å². The molecular formula is C21H22BrN3O3S2. The van der Waals surface area contributed by atoms with Gasteiger partial charge in [0, 0.05) is 42.5 Å². The average Bonchev–Trinajstić information content (AvgIpc) is 3.22. The van der Waals surface area contributed by atoms with Crippen molar-refractivity contribution in [1.82, 2.24) is 9.29 Å². The number of piperazine rings is 1. The summed E-state index contributed by atoms with van der Waals surface area (Å²) in [7, 11) is -1.82. The number of hydrogen-bond acceptors (Lipinski definition) is 6. The fourth-order valence-electron chi connectivity index (χ4n) is 3.41. The first-order valence-electron chi connectivity index (χ1n) is 9.54. The molecule has 0 spiro atoms. The van der Waals surface area contributed by atoms with E-state index in [9.17, 15) is 8.42 Å². The third-order valence-corrected chi connectivity index (χ3v) is 8.34. The number of methoxy groups -OCH3 is 1. The molecule has 0 aliphatic carbocycles. The number of anilines is 1. The molecule has 0 N–H and O–H groups in total. The number of ether oxygens (including phenoxy) is 1. The van der Waals surface area contributed by atoms with E-state index in [2.05, 4.69) is 32.3 Å². The molecule has 1 aromatic heterocycles. The maximum absolute atomic E-state index is 12.9. The lowest BCUT2D eigenvalue weighted by Gasteiger charge is -2.33. The van der Waals surface area contributed by atoms with Crippen molar-refractivity contribution in [3.8, 4) is 5.75 Å². The monoisotopic (exact) mass is 507 g/mol. The first kappa shape index (κ1) is 21.3. The van der Waals surface area contributed by atoms with Gasteiger partial charge in [0.25, 0.3) is 0 Å². The Morgan fingerprint density at radius 1 is 1.10 bits per heavy atom. The van der Waals surface area contributed by atoms with E-state index < -0.39 is 10.0 Å². The van der Waals surface area contributed by atoms with Gasteiger partial charge in [0.2, 0.25) is 10.0 Å². The van der Waals surface area contributed by atoms with Crippen LogP contribution in [0.3, 0.4) is 0 Å². The van der Waals surface area contributed by atoms with E-state index in [1.54, 1.807) is 41.0 Å². The Balaban J connectivity index is 1.40. The van der Waals surface area contributed by atoms with Crippen molar-refractivity contribution in [1.29, 1.82) is 0 Å². The van der Waals surface area contributed by atoms with E-state index >= 15 is 0 Å². The normalized spacial score (nSPS) is 15.3. The Labute approximate surface area is 189 Å². The zero-order valence-corrected chi connectivity index (χ0v) is 19.7. The van der Waals surface area contributed by atoms with Crippen molar-refractivity contribution in [2.75, 3.05) is 38.2 Å². The lowest BCUT2D eigenvalue weighted by molar-refractivity contribution is 0.384. The van der Waals surface area contributed by atoms with Crippen LogP contribution in [-0.4, -0.2) is 51.0 Å². The number of halogens is 1. The van der Waals surface area contributed by atoms with E-state index in [0.29, 0.717) is 31.1 Å². The molecule has 30 heavy (non-hydrogen) atoms. The Kier molecular flexibility index (Phi) is 6.43. The first-order valence-corrected chi connectivity index (χ1v) is 12.6. The van der Waals surface area contributed by atoms with E-state index in [1.807, 2.05) is 24.3 Å². The molecule has 4 rings (SSSR count). The van der Waals surface area contributed by atoms with Gasteiger partial charge in [-0.1, -0.05) is 34.1 Å². The van der Waals surface area contributed by atoms with E-state index in [-0.39, 0.29) is 0 Å². The third kappa shape index (κ3) is 4.69. The highest BCUT2D eigenvalue weighted by Crippen LogP contribution is 2.26. The molecule has 1 aliphatic heterocycles. The minimum atomic E-state index is -3.48. The highest BCUT2D eigenvalue weighted by molar-refractivity contribution is 9.10. The quantitative estimate of drug-likeness (QED) is 0.504. The number of hydrogen-bond donors (Lipinski definition) is 0. The van der Waals surface area contributed by atoms with Gasteiger partial charge in [0.1, 0.15) is 5.75 Å². The predicted octanol–water partition coefficient (Wildman–Crippen LogP) is 4.02. The van der Waals surface area contributed by atoms with Crippen LogP contribution in [0, 0.1) is 0 Å². The van der Waals surface area contributed by atoms with Gasteiger partial charge in [-0.3, -0.25) is 0 Å². The number of nitrogens with zero attached hydrogens (tertiary/aromatic N) is 3. The second kappa shape index (κ2) is 9.05. The Morgan fingerprint density at radius 3 is 2.60 bits per heavy atom. The maximum atomic E-state index is 12.9. The van der Waals surface area contributed by atoms with Crippen LogP contribution < -0.4 is 9.64 Å². The number of aromatic nitrogens is 1. The van der Waals surface area contributed by atoms with Gasteiger partial charge in [-0.2, -0.15) is 4.31 Å². The summed E-state index contributed by atoms with van der Waals surface area (Å²) in [4.78, 5) is 7.25. The third-order valence-electron chi connectivity index (χ3n) is 5.00. The Bertz CT molecular complexity index is 1130. The molecule has 0 bridgehead atoms. The molecule has 0 amide bonds. The molecule has 6 nitrogen and oxygen atoms in total. The molecule has 9 heteroatoms. The summed E-state index contributed by atoms with van der Waals surface area (Å²) < 4.78 is 33.4. The summed E-state index contributed by atoms with van der Waals surface area (Å²) in [5, 5.41) is 3.01. The number of rotatable bonds is 6. The zero-order chi connectivity index (χ0) is 21.1. The van der Waals surface area contributed by atoms with Crippen molar-refractivity contribution in [3.05, 3.63) is 69.6 Å². The molecule has 1 saturated heterocycles. The van der Waals surface area contributed by atoms with Gasteiger partial charge < -0.3 is 9.64 Å². The minimum absolute atomic E-state index is 0.320. The Hall–Kier alpha value is -1.94. The van der Waals surface area contributed by atoms with Crippen LogP contribution in [-0.2, 0) is 16.4 Å². The van der Waals surface area contributed by atoms with Gasteiger partial charge in [0.05, 0.1) is 17.7 Å². The lowest BCUT2D eigenvalue weighted by Crippen LogP contribution is -2.48. The van der Waals surface area contributed by atoms with Crippen LogP contribution in [0.4, 0.5) is 5.13 Å². The predicted molar refractivity (Wildman–Crippen MR) is 123 cm³/mol. The minimum Gasteiger partial charge on any atom is -0.497 e. The van der Waals surface area contributed by atoms with Crippen molar-refractivity contribution in [3.63, 3.8) is 0 Å². The summed E-state index contributed by atoms with van der Waals surface area (Å²) >= 11 is 4.95. The van der Waals surface area contributed by atoms with Gasteiger partial charge in [0.15, 0.2) is 5.13 Å². The molecule has 2 heterocycles. The molecule has 1 aliphatic rings. The van der Waals surface area contributed by atoms with E-state index in [0.717, 1.165) is 33.0 Å². The van der Waals surface area contributed by atoms with Gasteiger partial charge >= 0.3 is 0 Å². The zero-order valence-electron chi connectivity index (χ0n) is 16.5.